The van der Waals surface area contributed by atoms with Crippen molar-refractivity contribution in [3.05, 3.63) is 12.2 Å². The third-order valence-electron chi connectivity index (χ3n) is 4.25. The summed E-state index contributed by atoms with van der Waals surface area (Å²) in [4.78, 5) is 11.4. The SMILES string of the molecule is CCCCCCCCC=CCCCCCCCC(=O)OCCS(=O)(=O)O.[Na]. The Morgan fingerprint density at radius 2 is 1.33 bits per heavy atom. The Morgan fingerprint density at radius 3 is 1.85 bits per heavy atom. The zero-order chi connectivity index (χ0) is 19.5. The second-order valence-electron chi connectivity index (χ2n) is 6.84. The molecule has 0 spiro atoms. The Bertz CT molecular complexity index is 463. The first-order chi connectivity index (χ1) is 12.5. The molecular weight excluding hydrogens is 375 g/mol. The number of allylic oxidation sites excluding steroid dienone is 2. The van der Waals surface area contributed by atoms with Crippen LogP contribution in [-0.2, 0) is 19.6 Å². The van der Waals surface area contributed by atoms with Crippen LogP contribution in [0.5, 0.6) is 0 Å². The molecule has 0 rings (SSSR count). The van der Waals surface area contributed by atoms with Crippen molar-refractivity contribution in [3.63, 3.8) is 0 Å². The summed E-state index contributed by atoms with van der Waals surface area (Å²) in [5, 5.41) is 0. The summed E-state index contributed by atoms with van der Waals surface area (Å²) in [7, 11) is -4.05. The molecule has 0 unspecified atom stereocenters. The topological polar surface area (TPSA) is 80.7 Å². The largest absolute Gasteiger partial charge is 0.464 e. The van der Waals surface area contributed by atoms with Gasteiger partial charge < -0.3 is 4.74 Å². The van der Waals surface area contributed by atoms with Crippen LogP contribution in [0.15, 0.2) is 12.2 Å². The van der Waals surface area contributed by atoms with Gasteiger partial charge in [0.15, 0.2) is 0 Å². The van der Waals surface area contributed by atoms with E-state index in [2.05, 4.69) is 19.1 Å². The molecule has 0 bridgehead atoms. The van der Waals surface area contributed by atoms with Crippen LogP contribution in [0.4, 0.5) is 0 Å². The van der Waals surface area contributed by atoms with E-state index in [0.717, 1.165) is 25.7 Å². The number of hydrogen-bond donors (Lipinski definition) is 1. The van der Waals surface area contributed by atoms with Gasteiger partial charge in [-0.3, -0.25) is 9.35 Å². The molecule has 0 heterocycles. The zero-order valence-corrected chi connectivity index (χ0v) is 20.3. The number of hydrogen-bond acceptors (Lipinski definition) is 4. The number of carbonyl (C=O) groups excluding carboxylic acids is 1. The van der Waals surface area contributed by atoms with Crippen molar-refractivity contribution in [2.24, 2.45) is 0 Å². The molecule has 0 fully saturated rings. The van der Waals surface area contributed by atoms with Crippen LogP contribution in [0.1, 0.15) is 96.8 Å². The Hall–Kier alpha value is 0.120. The van der Waals surface area contributed by atoms with Crippen molar-refractivity contribution in [2.75, 3.05) is 12.4 Å². The van der Waals surface area contributed by atoms with Gasteiger partial charge in [0.05, 0.1) is 0 Å². The number of unbranched alkanes of at least 4 members (excludes halogenated alkanes) is 11. The Kier molecular flexibility index (Phi) is 22.6. The second kappa shape index (κ2) is 20.8. The molecule has 0 aliphatic heterocycles. The van der Waals surface area contributed by atoms with E-state index in [0.29, 0.717) is 6.42 Å². The normalized spacial score (nSPS) is 11.5. The average molecular weight is 414 g/mol. The standard InChI is InChI=1S/C20H38O5S.Na/c1-2-3-4-5-6-7-8-9-10-11-12-13-14-15-16-17-20(21)25-18-19-26(22,23)24;/h9-10H,2-8,11-19H2,1H3,(H,22,23,24);. The fourth-order valence-electron chi connectivity index (χ4n) is 2.67. The summed E-state index contributed by atoms with van der Waals surface area (Å²) in [5.41, 5.74) is 0. The second-order valence-corrected chi connectivity index (χ2v) is 8.41. The predicted molar refractivity (Wildman–Crippen MR) is 113 cm³/mol. The summed E-state index contributed by atoms with van der Waals surface area (Å²) in [6.45, 7) is 1.97. The summed E-state index contributed by atoms with van der Waals surface area (Å²) < 4.78 is 34.2. The maximum Gasteiger partial charge on any atom is 0.305 e. The molecule has 0 aliphatic carbocycles. The maximum absolute atomic E-state index is 11.4. The quantitative estimate of drug-likeness (QED) is 0.111. The van der Waals surface area contributed by atoms with Gasteiger partial charge in [-0.15, -0.1) is 0 Å². The van der Waals surface area contributed by atoms with Crippen LogP contribution in [0, 0.1) is 0 Å². The predicted octanol–water partition coefficient (Wildman–Crippen LogP) is 5.07. The first-order valence-electron chi connectivity index (χ1n) is 10.2. The van der Waals surface area contributed by atoms with Crippen molar-refractivity contribution in [2.45, 2.75) is 96.8 Å². The first-order valence-corrected chi connectivity index (χ1v) is 11.8. The fraction of sp³-hybridized carbons (Fsp3) is 0.850. The van der Waals surface area contributed by atoms with Crippen molar-refractivity contribution >= 4 is 45.6 Å². The molecular formula is C20H38NaO5S. The van der Waals surface area contributed by atoms with Crippen LogP contribution >= 0.6 is 0 Å². The first kappa shape index (κ1) is 29.3. The van der Waals surface area contributed by atoms with Gasteiger partial charge in [-0.05, 0) is 32.1 Å². The number of ether oxygens (including phenoxy) is 1. The molecule has 0 atom stereocenters. The summed E-state index contributed by atoms with van der Waals surface area (Å²) in [6.07, 6.45) is 20.5. The molecule has 0 aromatic carbocycles. The van der Waals surface area contributed by atoms with E-state index in [4.69, 9.17) is 9.29 Å². The zero-order valence-electron chi connectivity index (χ0n) is 17.5. The van der Waals surface area contributed by atoms with Crippen molar-refractivity contribution in [1.29, 1.82) is 0 Å². The van der Waals surface area contributed by atoms with Gasteiger partial charge in [0.1, 0.15) is 12.4 Å². The Morgan fingerprint density at radius 1 is 0.852 bits per heavy atom. The third-order valence-corrected chi connectivity index (χ3v) is 4.93. The van der Waals surface area contributed by atoms with Crippen molar-refractivity contribution in [1.82, 2.24) is 0 Å². The Labute approximate surface area is 188 Å². The van der Waals surface area contributed by atoms with Crippen LogP contribution in [0.2, 0.25) is 0 Å². The molecule has 1 N–H and O–H groups in total. The minimum atomic E-state index is -4.05. The Balaban J connectivity index is 0. The molecule has 0 aromatic rings. The van der Waals surface area contributed by atoms with Gasteiger partial charge in [-0.1, -0.05) is 70.4 Å². The average Bonchev–Trinajstić information content (AvgIpc) is 2.57. The molecule has 5 nitrogen and oxygen atoms in total. The van der Waals surface area contributed by atoms with Gasteiger partial charge in [0.2, 0.25) is 0 Å². The van der Waals surface area contributed by atoms with Crippen LogP contribution < -0.4 is 0 Å². The third kappa shape index (κ3) is 26.1. The van der Waals surface area contributed by atoms with Gasteiger partial charge in [-0.25, -0.2) is 0 Å². The molecule has 27 heavy (non-hydrogen) atoms. The van der Waals surface area contributed by atoms with E-state index in [1.54, 1.807) is 0 Å². The monoisotopic (exact) mass is 413 g/mol. The molecule has 1 radical (unpaired) electrons. The van der Waals surface area contributed by atoms with Crippen molar-refractivity contribution < 1.29 is 22.5 Å². The van der Waals surface area contributed by atoms with E-state index in [1.807, 2.05) is 0 Å². The molecule has 0 amide bonds. The van der Waals surface area contributed by atoms with E-state index in [-0.39, 0.29) is 36.2 Å². The van der Waals surface area contributed by atoms with Gasteiger partial charge in [-0.2, -0.15) is 8.42 Å². The van der Waals surface area contributed by atoms with E-state index in [1.165, 1.54) is 57.8 Å². The van der Waals surface area contributed by atoms with Gasteiger partial charge in [0, 0.05) is 36.0 Å². The number of carbonyl (C=O) groups is 1. The van der Waals surface area contributed by atoms with E-state index < -0.39 is 21.8 Å². The smallest absolute Gasteiger partial charge is 0.305 e. The number of esters is 1. The maximum atomic E-state index is 11.4. The minimum Gasteiger partial charge on any atom is -0.464 e. The van der Waals surface area contributed by atoms with Crippen LogP contribution in [0.25, 0.3) is 0 Å². The molecule has 155 valence electrons. The molecule has 0 aliphatic rings. The summed E-state index contributed by atoms with van der Waals surface area (Å²) in [5.74, 6) is -0.934. The van der Waals surface area contributed by atoms with Gasteiger partial charge in [0.25, 0.3) is 10.1 Å². The summed E-state index contributed by atoms with van der Waals surface area (Å²) >= 11 is 0. The van der Waals surface area contributed by atoms with E-state index >= 15 is 0 Å². The molecule has 7 heteroatoms. The number of rotatable bonds is 18. The van der Waals surface area contributed by atoms with Crippen LogP contribution in [0.3, 0.4) is 0 Å². The molecule has 0 saturated carbocycles. The molecule has 0 aromatic heterocycles. The fourth-order valence-corrected chi connectivity index (χ4v) is 2.97. The molecule has 0 saturated heterocycles. The summed E-state index contributed by atoms with van der Waals surface area (Å²) in [6, 6.07) is 0. The van der Waals surface area contributed by atoms with E-state index in [9.17, 15) is 13.2 Å². The van der Waals surface area contributed by atoms with Crippen molar-refractivity contribution in [3.8, 4) is 0 Å². The minimum absolute atomic E-state index is 0. The van der Waals surface area contributed by atoms with Crippen LogP contribution in [-0.4, -0.2) is 60.9 Å². The van der Waals surface area contributed by atoms with Gasteiger partial charge >= 0.3 is 5.97 Å².